The zero-order valence-electron chi connectivity index (χ0n) is 18.9. The van der Waals surface area contributed by atoms with Crippen LogP contribution in [-0.2, 0) is 34.3 Å². The summed E-state index contributed by atoms with van der Waals surface area (Å²) in [5, 5.41) is 0. The highest BCUT2D eigenvalue weighted by molar-refractivity contribution is 6.02. The van der Waals surface area contributed by atoms with Gasteiger partial charge in [0, 0.05) is 22.3 Å². The fraction of sp³-hybridized carbons (Fsp3) is 0.296. The summed E-state index contributed by atoms with van der Waals surface area (Å²) in [6.45, 7) is 9.65. The lowest BCUT2D eigenvalue weighted by atomic mass is 9.95. The van der Waals surface area contributed by atoms with Crippen molar-refractivity contribution in [1.82, 2.24) is 0 Å². The van der Waals surface area contributed by atoms with Crippen molar-refractivity contribution in [3.63, 3.8) is 0 Å². The Morgan fingerprint density at radius 3 is 1.53 bits per heavy atom. The monoisotopic (exact) mass is 468 g/mol. The normalized spacial score (nSPS) is 10.5. The molecule has 0 aromatic heterocycles. The van der Waals surface area contributed by atoms with Crippen LogP contribution in [0.15, 0.2) is 85.0 Å². The first kappa shape index (κ1) is 28.5. The Morgan fingerprint density at radius 1 is 0.706 bits per heavy atom. The van der Waals surface area contributed by atoms with Crippen molar-refractivity contribution in [2.24, 2.45) is 0 Å². The van der Waals surface area contributed by atoms with Gasteiger partial charge < -0.3 is 18.9 Å². The van der Waals surface area contributed by atoms with Crippen LogP contribution in [0.4, 0.5) is 0 Å². The Hall–Kier alpha value is -3.55. The van der Waals surface area contributed by atoms with E-state index in [-0.39, 0.29) is 45.0 Å². The second-order valence-corrected chi connectivity index (χ2v) is 7.21. The number of ether oxygens (including phenoxy) is 4. The lowest BCUT2D eigenvalue weighted by molar-refractivity contribution is -0.219. The van der Waals surface area contributed by atoms with Gasteiger partial charge in [0.15, 0.2) is 0 Å². The summed E-state index contributed by atoms with van der Waals surface area (Å²) in [5.41, 5.74) is 1.30. The molecule has 2 aromatic rings. The quantitative estimate of drug-likeness (QED) is 0.139. The maximum Gasteiger partial charge on any atom is 0.333 e. The van der Waals surface area contributed by atoms with Crippen LogP contribution < -0.4 is 0 Å². The summed E-state index contributed by atoms with van der Waals surface area (Å²) >= 11 is 0. The molecule has 2 rings (SSSR count). The summed E-state index contributed by atoms with van der Waals surface area (Å²) < 4.78 is 22.1. The van der Waals surface area contributed by atoms with Gasteiger partial charge in [-0.25, -0.2) is 9.59 Å². The van der Waals surface area contributed by atoms with Crippen LogP contribution in [0.1, 0.15) is 37.2 Å². The molecule has 182 valence electrons. The molecule has 7 nitrogen and oxygen atoms in total. The van der Waals surface area contributed by atoms with Crippen molar-refractivity contribution in [1.29, 1.82) is 0 Å². The number of esters is 2. The van der Waals surface area contributed by atoms with Gasteiger partial charge in [-0.15, -0.1) is 0 Å². The van der Waals surface area contributed by atoms with Gasteiger partial charge >= 0.3 is 11.9 Å². The van der Waals surface area contributed by atoms with Crippen molar-refractivity contribution in [2.75, 3.05) is 26.4 Å². The minimum Gasteiger partial charge on any atom is -0.460 e. The van der Waals surface area contributed by atoms with Crippen molar-refractivity contribution in [3.05, 3.63) is 96.1 Å². The largest absolute Gasteiger partial charge is 0.460 e. The van der Waals surface area contributed by atoms with E-state index < -0.39 is 23.5 Å². The van der Waals surface area contributed by atoms with Crippen LogP contribution >= 0.6 is 0 Å². The fourth-order valence-corrected chi connectivity index (χ4v) is 2.79. The highest BCUT2D eigenvalue weighted by atomic mass is 16.7. The highest BCUT2D eigenvalue weighted by Crippen LogP contribution is 2.32. The number of rotatable bonds is 13. The molecule has 34 heavy (non-hydrogen) atoms. The Labute approximate surface area is 201 Å². The number of benzene rings is 2. The molecule has 0 heterocycles. The van der Waals surface area contributed by atoms with E-state index in [4.69, 9.17) is 18.9 Å². The second kappa shape index (κ2) is 13.9. The topological polar surface area (TPSA) is 88.1 Å². The molecule has 0 atom stereocenters. The second-order valence-electron chi connectivity index (χ2n) is 7.21. The molecule has 0 bridgehead atoms. The van der Waals surface area contributed by atoms with Crippen LogP contribution in [0.3, 0.4) is 0 Å². The van der Waals surface area contributed by atoms with Crippen molar-refractivity contribution >= 4 is 17.7 Å². The third-order valence-corrected chi connectivity index (χ3v) is 4.43. The number of carbonyl (C=O) groups is 3. The van der Waals surface area contributed by atoms with Gasteiger partial charge in [-0.05, 0) is 13.8 Å². The molecule has 0 radical (unpaired) electrons. The Bertz CT molecular complexity index is 947. The highest BCUT2D eigenvalue weighted by Gasteiger charge is 2.43. The molecule has 0 aliphatic carbocycles. The first-order chi connectivity index (χ1) is 15.8. The van der Waals surface area contributed by atoms with E-state index in [2.05, 4.69) is 13.2 Å². The van der Waals surface area contributed by atoms with E-state index in [1.54, 1.807) is 60.7 Å². The smallest absolute Gasteiger partial charge is 0.333 e. The van der Waals surface area contributed by atoms with Gasteiger partial charge in [-0.2, -0.15) is 0 Å². The molecule has 2 aromatic carbocycles. The van der Waals surface area contributed by atoms with Gasteiger partial charge in [0.25, 0.3) is 5.79 Å². The SMILES string of the molecule is C.C=C(C)C(=O)OCCOC(OCCOC(=O)C(=C)C)(C(=O)c1ccccc1)c1ccccc1. The third-order valence-electron chi connectivity index (χ3n) is 4.43. The zero-order chi connectivity index (χ0) is 24.3. The van der Waals surface area contributed by atoms with Gasteiger partial charge in [-0.3, -0.25) is 4.79 Å². The Balaban J connectivity index is 0.00000578. The molecular weight excluding hydrogens is 436 g/mol. The molecule has 0 amide bonds. The summed E-state index contributed by atoms with van der Waals surface area (Å²) in [6.07, 6.45) is 0. The number of hydrogen-bond donors (Lipinski definition) is 0. The predicted octanol–water partition coefficient (Wildman–Crippen LogP) is 4.63. The molecular formula is C27H32O7. The van der Waals surface area contributed by atoms with E-state index in [1.807, 2.05) is 0 Å². The Morgan fingerprint density at radius 2 is 1.12 bits per heavy atom. The molecule has 0 saturated carbocycles. The van der Waals surface area contributed by atoms with E-state index in [0.717, 1.165) is 0 Å². The average molecular weight is 469 g/mol. The molecule has 0 fully saturated rings. The van der Waals surface area contributed by atoms with Crippen LogP contribution in [0, 0.1) is 0 Å². The standard InChI is InChI=1S/C26H28O7.CH4/c1-19(2)24(28)30-15-17-32-26(22-13-9-6-10-14-22,23(27)21-11-7-5-8-12-21)33-18-16-31-25(29)20(3)4;/h5-14H,1,3,15-18H2,2,4H3;1H4. The number of carbonyl (C=O) groups excluding carboxylic acids is 3. The predicted molar refractivity (Wildman–Crippen MR) is 129 cm³/mol. The minimum absolute atomic E-state index is 0. The van der Waals surface area contributed by atoms with E-state index >= 15 is 0 Å². The average Bonchev–Trinajstić information content (AvgIpc) is 2.83. The first-order valence-electron chi connectivity index (χ1n) is 10.4. The van der Waals surface area contributed by atoms with Gasteiger partial charge in [0.1, 0.15) is 13.2 Å². The maximum atomic E-state index is 13.6. The molecule has 0 spiro atoms. The van der Waals surface area contributed by atoms with Crippen LogP contribution in [-0.4, -0.2) is 44.1 Å². The first-order valence-corrected chi connectivity index (χ1v) is 10.4. The van der Waals surface area contributed by atoms with Crippen molar-refractivity contribution < 1.29 is 33.3 Å². The third kappa shape index (κ3) is 7.79. The molecule has 0 N–H and O–H groups in total. The minimum atomic E-state index is -1.85. The lowest BCUT2D eigenvalue weighted by Crippen LogP contribution is -2.43. The number of ketones is 1. The molecule has 0 aliphatic rings. The van der Waals surface area contributed by atoms with Crippen LogP contribution in [0.25, 0.3) is 0 Å². The summed E-state index contributed by atoms with van der Waals surface area (Å²) in [6, 6.07) is 17.2. The summed E-state index contributed by atoms with van der Waals surface area (Å²) in [7, 11) is 0. The lowest BCUT2D eigenvalue weighted by Gasteiger charge is -2.33. The van der Waals surface area contributed by atoms with Gasteiger partial charge in [0.2, 0.25) is 5.78 Å². The molecule has 7 heteroatoms. The molecule has 0 unspecified atom stereocenters. The summed E-state index contributed by atoms with van der Waals surface area (Å²) in [4.78, 5) is 37.0. The van der Waals surface area contributed by atoms with Crippen molar-refractivity contribution in [3.8, 4) is 0 Å². The Kier molecular flexibility index (Phi) is 11.6. The fourth-order valence-electron chi connectivity index (χ4n) is 2.79. The van der Waals surface area contributed by atoms with Crippen LogP contribution in [0.2, 0.25) is 0 Å². The van der Waals surface area contributed by atoms with Gasteiger partial charge in [0.05, 0.1) is 13.2 Å². The number of hydrogen-bond acceptors (Lipinski definition) is 7. The zero-order valence-corrected chi connectivity index (χ0v) is 18.9. The van der Waals surface area contributed by atoms with Crippen molar-refractivity contribution in [2.45, 2.75) is 27.1 Å². The maximum absolute atomic E-state index is 13.6. The van der Waals surface area contributed by atoms with Gasteiger partial charge in [-0.1, -0.05) is 81.2 Å². The van der Waals surface area contributed by atoms with Crippen LogP contribution in [0.5, 0.6) is 0 Å². The molecule has 0 saturated heterocycles. The summed E-state index contributed by atoms with van der Waals surface area (Å²) in [5.74, 6) is -3.43. The number of Topliss-reactive ketones (excluding diaryl/α,β-unsaturated/α-hetero) is 1. The van der Waals surface area contributed by atoms with E-state index in [0.29, 0.717) is 11.1 Å². The van der Waals surface area contributed by atoms with E-state index in [1.165, 1.54) is 13.8 Å². The van der Waals surface area contributed by atoms with E-state index in [9.17, 15) is 14.4 Å². The molecule has 0 aliphatic heterocycles.